The van der Waals surface area contributed by atoms with Gasteiger partial charge in [0.1, 0.15) is 17.8 Å². The first-order valence-electron chi connectivity index (χ1n) is 7.39. The van der Waals surface area contributed by atoms with Crippen LogP contribution in [0.1, 0.15) is 44.8 Å². The number of tetrazole rings is 1. The predicted octanol–water partition coefficient (Wildman–Crippen LogP) is 2.37. The number of benzene rings is 1. The van der Waals surface area contributed by atoms with Crippen LogP contribution in [0.3, 0.4) is 0 Å². The van der Waals surface area contributed by atoms with Gasteiger partial charge in [0.25, 0.3) is 0 Å². The summed E-state index contributed by atoms with van der Waals surface area (Å²) in [7, 11) is 0. The van der Waals surface area contributed by atoms with Crippen molar-refractivity contribution in [2.24, 2.45) is 0 Å². The minimum atomic E-state index is -0.575. The second-order valence-corrected chi connectivity index (χ2v) is 5.36. The lowest BCUT2D eigenvalue weighted by Gasteiger charge is -2.00. The van der Waals surface area contributed by atoms with Gasteiger partial charge in [0.15, 0.2) is 5.78 Å². The maximum Gasteiger partial charge on any atom is 0.244 e. The summed E-state index contributed by atoms with van der Waals surface area (Å²) >= 11 is 0. The molecule has 126 valence electrons. The highest BCUT2D eigenvalue weighted by atomic mass is 16.3. The number of carbonyl (C=O) groups excluding carboxylic acids is 2. The third kappa shape index (κ3) is 3.86. The summed E-state index contributed by atoms with van der Waals surface area (Å²) in [5.74, 6) is -0.350. The van der Waals surface area contributed by atoms with Crippen LogP contribution in [0.25, 0.3) is 5.76 Å². The molecule has 0 radical (unpaired) electrons. The lowest BCUT2D eigenvalue weighted by molar-refractivity contribution is 0.101. The molecule has 3 rings (SSSR count). The van der Waals surface area contributed by atoms with E-state index in [0.717, 1.165) is 11.6 Å². The highest BCUT2D eigenvalue weighted by molar-refractivity contribution is 6.05. The van der Waals surface area contributed by atoms with Gasteiger partial charge in [0.2, 0.25) is 11.6 Å². The SMILES string of the molecule is CC(=O)c1ccc(Cc2cc(C(O)=CC(=O)c3nn[nH]n3)co2)cc1. The zero-order valence-electron chi connectivity index (χ0n) is 13.3. The number of ketones is 2. The van der Waals surface area contributed by atoms with Crippen molar-refractivity contribution < 1.29 is 19.1 Å². The molecule has 0 aliphatic carbocycles. The number of aliphatic hydroxyl groups is 1. The number of hydrogen-bond acceptors (Lipinski definition) is 7. The number of nitrogens with one attached hydrogen (secondary N) is 1. The number of aliphatic hydroxyl groups excluding tert-OH is 1. The standard InChI is InChI=1S/C17H14N4O4/c1-10(22)12-4-2-11(3-5-12)6-14-7-13(9-25-14)15(23)8-16(24)17-18-20-21-19-17/h2-5,7-9,23H,6H2,1H3,(H,18,19,20,21). The third-order valence-corrected chi connectivity index (χ3v) is 3.52. The van der Waals surface area contributed by atoms with Gasteiger partial charge in [-0.25, -0.2) is 0 Å². The number of allylic oxidation sites excluding steroid dienone is 1. The predicted molar refractivity (Wildman–Crippen MR) is 87.1 cm³/mol. The van der Waals surface area contributed by atoms with E-state index in [-0.39, 0.29) is 17.4 Å². The molecule has 0 fully saturated rings. The molecule has 2 heterocycles. The molecule has 0 aliphatic rings. The van der Waals surface area contributed by atoms with Gasteiger partial charge in [-0.2, -0.15) is 5.21 Å². The van der Waals surface area contributed by atoms with E-state index < -0.39 is 5.78 Å². The van der Waals surface area contributed by atoms with Gasteiger partial charge in [-0.3, -0.25) is 9.59 Å². The highest BCUT2D eigenvalue weighted by Crippen LogP contribution is 2.19. The largest absolute Gasteiger partial charge is 0.507 e. The molecule has 3 aromatic rings. The Balaban J connectivity index is 1.71. The number of aromatic nitrogens is 4. The zero-order chi connectivity index (χ0) is 17.8. The van der Waals surface area contributed by atoms with Gasteiger partial charge < -0.3 is 9.52 Å². The molecule has 8 heteroatoms. The first kappa shape index (κ1) is 16.3. The summed E-state index contributed by atoms with van der Waals surface area (Å²) in [6, 6.07) is 8.82. The molecule has 1 aromatic carbocycles. The summed E-state index contributed by atoms with van der Waals surface area (Å²) in [6.45, 7) is 1.51. The van der Waals surface area contributed by atoms with Gasteiger partial charge >= 0.3 is 0 Å². The Morgan fingerprint density at radius 3 is 2.64 bits per heavy atom. The second-order valence-electron chi connectivity index (χ2n) is 5.36. The number of carbonyl (C=O) groups is 2. The zero-order valence-corrected chi connectivity index (χ0v) is 13.3. The second kappa shape index (κ2) is 6.91. The van der Waals surface area contributed by atoms with E-state index in [2.05, 4.69) is 20.6 Å². The van der Waals surface area contributed by atoms with Crippen LogP contribution < -0.4 is 0 Å². The highest BCUT2D eigenvalue weighted by Gasteiger charge is 2.12. The topological polar surface area (TPSA) is 122 Å². The third-order valence-electron chi connectivity index (χ3n) is 3.52. The van der Waals surface area contributed by atoms with Crippen molar-refractivity contribution in [3.8, 4) is 0 Å². The van der Waals surface area contributed by atoms with Gasteiger partial charge in [0, 0.05) is 18.1 Å². The van der Waals surface area contributed by atoms with Gasteiger partial charge in [0.05, 0.1) is 5.56 Å². The Morgan fingerprint density at radius 2 is 2.00 bits per heavy atom. The van der Waals surface area contributed by atoms with E-state index in [0.29, 0.717) is 23.3 Å². The molecule has 2 N–H and O–H groups in total. The number of aromatic amines is 1. The van der Waals surface area contributed by atoms with Crippen molar-refractivity contribution >= 4 is 17.3 Å². The summed E-state index contributed by atoms with van der Waals surface area (Å²) in [5, 5.41) is 22.6. The molecule has 0 saturated carbocycles. The first-order valence-corrected chi connectivity index (χ1v) is 7.39. The Hall–Kier alpha value is -3.55. The van der Waals surface area contributed by atoms with Crippen molar-refractivity contribution in [3.05, 3.63) is 70.9 Å². The van der Waals surface area contributed by atoms with Crippen molar-refractivity contribution in [1.82, 2.24) is 20.6 Å². The number of hydrogen-bond donors (Lipinski definition) is 2. The minimum Gasteiger partial charge on any atom is -0.507 e. The number of nitrogens with zero attached hydrogens (tertiary/aromatic N) is 3. The van der Waals surface area contributed by atoms with E-state index in [4.69, 9.17) is 4.42 Å². The normalized spacial score (nSPS) is 11.5. The first-order chi connectivity index (χ1) is 12.0. The average Bonchev–Trinajstić information content (AvgIpc) is 3.27. The van der Waals surface area contributed by atoms with Gasteiger partial charge in [-0.1, -0.05) is 24.3 Å². The molecule has 0 unspecified atom stereocenters. The Bertz CT molecular complexity index is 924. The molecule has 0 saturated heterocycles. The van der Waals surface area contributed by atoms with Crippen molar-refractivity contribution in [2.45, 2.75) is 13.3 Å². The van der Waals surface area contributed by atoms with Gasteiger partial charge in [-0.15, -0.1) is 10.2 Å². The van der Waals surface area contributed by atoms with E-state index >= 15 is 0 Å². The molecule has 25 heavy (non-hydrogen) atoms. The molecule has 0 aliphatic heterocycles. The number of furan rings is 1. The van der Waals surface area contributed by atoms with Crippen molar-refractivity contribution in [2.75, 3.05) is 0 Å². The lowest BCUT2D eigenvalue weighted by atomic mass is 10.1. The maximum absolute atomic E-state index is 11.8. The summed E-state index contributed by atoms with van der Waals surface area (Å²) in [6.07, 6.45) is 2.85. The van der Waals surface area contributed by atoms with Crippen molar-refractivity contribution in [1.29, 1.82) is 0 Å². The molecule has 0 spiro atoms. The molecular weight excluding hydrogens is 324 g/mol. The smallest absolute Gasteiger partial charge is 0.244 e. The fourth-order valence-electron chi connectivity index (χ4n) is 2.20. The molecular formula is C17H14N4O4. The van der Waals surface area contributed by atoms with Gasteiger partial charge in [-0.05, 0) is 23.8 Å². The number of Topliss-reactive ketones (excluding diaryl/α,β-unsaturated/α-hetero) is 1. The quantitative estimate of drug-likeness (QED) is 0.402. The lowest BCUT2D eigenvalue weighted by Crippen LogP contribution is -1.99. The molecule has 2 aromatic heterocycles. The van der Waals surface area contributed by atoms with Crippen LogP contribution in [0.2, 0.25) is 0 Å². The van der Waals surface area contributed by atoms with E-state index in [1.165, 1.54) is 13.2 Å². The van der Waals surface area contributed by atoms with E-state index in [1.807, 2.05) is 12.1 Å². The molecule has 0 atom stereocenters. The summed E-state index contributed by atoms with van der Waals surface area (Å²) in [5.41, 5.74) is 1.97. The van der Waals surface area contributed by atoms with Crippen LogP contribution in [-0.4, -0.2) is 37.3 Å². The average molecular weight is 338 g/mol. The number of rotatable bonds is 6. The van der Waals surface area contributed by atoms with Crippen LogP contribution in [0.5, 0.6) is 0 Å². The Kier molecular flexibility index (Phi) is 4.51. The van der Waals surface area contributed by atoms with Crippen molar-refractivity contribution in [3.63, 3.8) is 0 Å². The number of H-pyrrole nitrogens is 1. The van der Waals surface area contributed by atoms with Crippen LogP contribution in [-0.2, 0) is 6.42 Å². The molecule has 8 nitrogen and oxygen atoms in total. The van der Waals surface area contributed by atoms with Crippen LogP contribution >= 0.6 is 0 Å². The molecule has 0 bridgehead atoms. The van der Waals surface area contributed by atoms with Crippen LogP contribution in [0.4, 0.5) is 0 Å². The Labute approximate surface area is 142 Å². The van der Waals surface area contributed by atoms with E-state index in [1.54, 1.807) is 18.2 Å². The van der Waals surface area contributed by atoms with Crippen LogP contribution in [0.15, 0.2) is 47.1 Å². The fourth-order valence-corrected chi connectivity index (χ4v) is 2.20. The maximum atomic E-state index is 11.8. The summed E-state index contributed by atoms with van der Waals surface area (Å²) in [4.78, 5) is 23.1. The van der Waals surface area contributed by atoms with E-state index in [9.17, 15) is 14.7 Å². The van der Waals surface area contributed by atoms with Crippen LogP contribution in [0, 0.1) is 0 Å². The minimum absolute atomic E-state index is 0.00756. The summed E-state index contributed by atoms with van der Waals surface area (Å²) < 4.78 is 5.41. The Morgan fingerprint density at radius 1 is 1.24 bits per heavy atom. The molecule has 0 amide bonds. The fraction of sp³-hybridized carbons (Fsp3) is 0.118. The monoisotopic (exact) mass is 338 g/mol.